The van der Waals surface area contributed by atoms with Gasteiger partial charge in [-0.2, -0.15) is 0 Å². The van der Waals surface area contributed by atoms with Crippen LogP contribution in [0.4, 0.5) is 0 Å². The highest BCUT2D eigenvalue weighted by Gasteiger charge is 2.52. The van der Waals surface area contributed by atoms with Gasteiger partial charge in [-0.3, -0.25) is 0 Å². The van der Waals surface area contributed by atoms with Gasteiger partial charge in [-0.1, -0.05) is 170 Å². The van der Waals surface area contributed by atoms with E-state index in [9.17, 15) is 0 Å². The monoisotopic (exact) mass is 618 g/mol. The van der Waals surface area contributed by atoms with Crippen LogP contribution in [0.25, 0.3) is 76.8 Å². The molecule has 1 spiro atoms. The van der Waals surface area contributed by atoms with E-state index in [1.54, 1.807) is 0 Å². The van der Waals surface area contributed by atoms with Gasteiger partial charge in [0.1, 0.15) is 0 Å². The summed E-state index contributed by atoms with van der Waals surface area (Å²) in [5, 5.41) is 7.88. The molecule has 9 aromatic rings. The van der Waals surface area contributed by atoms with Gasteiger partial charge in [0, 0.05) is 0 Å². The number of hydrogen-bond donors (Lipinski definition) is 0. The van der Waals surface area contributed by atoms with E-state index in [0.29, 0.717) is 0 Å². The molecule has 2 aliphatic rings. The minimum Gasteiger partial charge on any atom is -0.0622 e. The smallest absolute Gasteiger partial charge is 0.0622 e. The third kappa shape index (κ3) is 3.48. The Balaban J connectivity index is 1.24. The van der Waals surface area contributed by atoms with Crippen molar-refractivity contribution in [1.82, 2.24) is 0 Å². The van der Waals surface area contributed by atoms with Crippen molar-refractivity contribution in [2.24, 2.45) is 0 Å². The molecule has 0 heteroatoms. The van der Waals surface area contributed by atoms with Gasteiger partial charge < -0.3 is 0 Å². The molecule has 0 amide bonds. The second-order valence-corrected chi connectivity index (χ2v) is 13.5. The first-order valence-corrected chi connectivity index (χ1v) is 17.2. The molecule has 0 fully saturated rings. The summed E-state index contributed by atoms with van der Waals surface area (Å²) in [7, 11) is 0. The van der Waals surface area contributed by atoms with E-state index in [-0.39, 0.29) is 0 Å². The number of hydrogen-bond acceptors (Lipinski definition) is 0. The lowest BCUT2D eigenvalue weighted by molar-refractivity contribution is 0.795. The van der Waals surface area contributed by atoms with Crippen molar-refractivity contribution in [1.29, 1.82) is 0 Å². The second-order valence-electron chi connectivity index (χ2n) is 13.5. The molecule has 1 atom stereocenters. The molecule has 1 unspecified atom stereocenters. The van der Waals surface area contributed by atoms with Crippen molar-refractivity contribution in [2.45, 2.75) is 5.41 Å². The summed E-state index contributed by atoms with van der Waals surface area (Å²) in [6, 6.07) is 68.0. The maximum Gasteiger partial charge on any atom is 0.0725 e. The summed E-state index contributed by atoms with van der Waals surface area (Å²) in [5.41, 5.74) is 15.4. The first-order valence-electron chi connectivity index (χ1n) is 17.2. The van der Waals surface area contributed by atoms with Crippen molar-refractivity contribution in [3.8, 4) is 44.5 Å². The first kappa shape index (κ1) is 26.8. The summed E-state index contributed by atoms with van der Waals surface area (Å²) in [4.78, 5) is 0. The largest absolute Gasteiger partial charge is 0.0725 e. The minimum absolute atomic E-state index is 0.418. The predicted molar refractivity (Wildman–Crippen MR) is 206 cm³/mol. The Morgan fingerprint density at radius 2 is 0.714 bits per heavy atom. The van der Waals surface area contributed by atoms with E-state index in [2.05, 4.69) is 182 Å². The third-order valence-corrected chi connectivity index (χ3v) is 11.3. The van der Waals surface area contributed by atoms with Gasteiger partial charge in [0.25, 0.3) is 0 Å². The van der Waals surface area contributed by atoms with Crippen LogP contribution in [0.2, 0.25) is 0 Å². The van der Waals surface area contributed by atoms with E-state index in [4.69, 9.17) is 0 Å². The maximum absolute atomic E-state index is 2.55. The fourth-order valence-corrected chi connectivity index (χ4v) is 9.30. The summed E-state index contributed by atoms with van der Waals surface area (Å²) in [6.07, 6.45) is 0. The van der Waals surface area contributed by atoms with E-state index >= 15 is 0 Å². The summed E-state index contributed by atoms with van der Waals surface area (Å²) < 4.78 is 0. The van der Waals surface area contributed by atoms with Crippen LogP contribution in [-0.2, 0) is 5.41 Å². The molecule has 0 bridgehead atoms. The van der Waals surface area contributed by atoms with Crippen molar-refractivity contribution < 1.29 is 0 Å². The Hall–Kier alpha value is -6.24. The highest BCUT2D eigenvalue weighted by atomic mass is 14.5. The average Bonchev–Trinajstić information content (AvgIpc) is 3.65. The summed E-state index contributed by atoms with van der Waals surface area (Å²) in [6.45, 7) is 0. The molecule has 0 aromatic heterocycles. The van der Waals surface area contributed by atoms with E-state index < -0.39 is 5.41 Å². The fourth-order valence-electron chi connectivity index (χ4n) is 9.30. The standard InChI is InChI=1S/C49H30/c1-2-13-31(14-3-1)32-25-27-33(28-26-32)34-21-12-24-46-48(34)40-20-9-11-23-45(40)49(46)44-22-10-8-19-39(44)43-29-41-37-17-6-4-15-35(37)36-16-5-7-18-38(36)42(41)30-47(43)49/h1-30H. The molecule has 0 heterocycles. The van der Waals surface area contributed by atoms with Crippen LogP contribution >= 0.6 is 0 Å². The SMILES string of the molecule is c1ccc(-c2ccc(-c3cccc4c3-c3ccccc3C43c4ccccc4-c4cc5c6ccccc6c6ccccc6c5cc43)cc2)cc1. The van der Waals surface area contributed by atoms with Gasteiger partial charge in [0.15, 0.2) is 0 Å². The number of fused-ring (bicyclic) bond motifs is 16. The van der Waals surface area contributed by atoms with Gasteiger partial charge in [-0.25, -0.2) is 0 Å². The summed E-state index contributed by atoms with van der Waals surface area (Å²) >= 11 is 0. The van der Waals surface area contributed by atoms with Crippen LogP contribution in [0.15, 0.2) is 182 Å². The highest BCUT2D eigenvalue weighted by Crippen LogP contribution is 2.64. The molecule has 9 aromatic carbocycles. The maximum atomic E-state index is 2.55. The lowest BCUT2D eigenvalue weighted by Gasteiger charge is -2.31. The molecule has 11 rings (SSSR count). The van der Waals surface area contributed by atoms with Gasteiger partial charge >= 0.3 is 0 Å². The predicted octanol–water partition coefficient (Wildman–Crippen LogP) is 12.8. The van der Waals surface area contributed by atoms with Crippen LogP contribution in [-0.4, -0.2) is 0 Å². The van der Waals surface area contributed by atoms with E-state index in [1.807, 2.05) is 0 Å². The number of rotatable bonds is 2. The second kappa shape index (κ2) is 9.89. The minimum atomic E-state index is -0.418. The zero-order chi connectivity index (χ0) is 32.1. The Morgan fingerprint density at radius 1 is 0.245 bits per heavy atom. The van der Waals surface area contributed by atoms with Crippen LogP contribution in [0.5, 0.6) is 0 Å². The summed E-state index contributed by atoms with van der Waals surface area (Å²) in [5.74, 6) is 0. The van der Waals surface area contributed by atoms with Gasteiger partial charge in [0.05, 0.1) is 5.41 Å². The molecule has 226 valence electrons. The zero-order valence-electron chi connectivity index (χ0n) is 26.8. The lowest BCUT2D eigenvalue weighted by atomic mass is 9.70. The Morgan fingerprint density at radius 3 is 1.41 bits per heavy atom. The van der Waals surface area contributed by atoms with Gasteiger partial charge in [-0.05, 0) is 111 Å². The van der Waals surface area contributed by atoms with Crippen molar-refractivity contribution in [2.75, 3.05) is 0 Å². The zero-order valence-corrected chi connectivity index (χ0v) is 26.8. The fraction of sp³-hybridized carbons (Fsp3) is 0.0204. The lowest BCUT2D eigenvalue weighted by Crippen LogP contribution is -2.25. The molecule has 0 aliphatic heterocycles. The van der Waals surface area contributed by atoms with Gasteiger partial charge in [-0.15, -0.1) is 0 Å². The molecule has 49 heavy (non-hydrogen) atoms. The van der Waals surface area contributed by atoms with Crippen molar-refractivity contribution in [3.63, 3.8) is 0 Å². The van der Waals surface area contributed by atoms with E-state index in [0.717, 1.165) is 0 Å². The molecule has 0 N–H and O–H groups in total. The Labute approximate surface area is 285 Å². The normalized spacial score (nSPS) is 15.4. The van der Waals surface area contributed by atoms with Crippen molar-refractivity contribution >= 4 is 32.3 Å². The van der Waals surface area contributed by atoms with Crippen LogP contribution in [0.3, 0.4) is 0 Å². The van der Waals surface area contributed by atoms with Crippen molar-refractivity contribution in [3.05, 3.63) is 204 Å². The average molecular weight is 619 g/mol. The molecule has 0 radical (unpaired) electrons. The van der Waals surface area contributed by atoms with Crippen LogP contribution < -0.4 is 0 Å². The van der Waals surface area contributed by atoms with Crippen LogP contribution in [0, 0.1) is 0 Å². The third-order valence-electron chi connectivity index (χ3n) is 11.3. The highest BCUT2D eigenvalue weighted by molar-refractivity contribution is 6.26. The quantitative estimate of drug-likeness (QED) is 0.169. The molecular weight excluding hydrogens is 589 g/mol. The Bertz CT molecular complexity index is 2800. The molecule has 0 nitrogen and oxygen atoms in total. The topological polar surface area (TPSA) is 0 Å². The van der Waals surface area contributed by atoms with Gasteiger partial charge in [0.2, 0.25) is 0 Å². The molecule has 0 saturated heterocycles. The van der Waals surface area contributed by atoms with Crippen LogP contribution in [0.1, 0.15) is 22.3 Å². The Kier molecular flexibility index (Phi) is 5.41. The molecule has 0 saturated carbocycles. The van der Waals surface area contributed by atoms with E-state index in [1.165, 1.54) is 99.1 Å². The number of benzene rings is 9. The molecular formula is C49H30. The molecule has 2 aliphatic carbocycles. The first-order chi connectivity index (χ1) is 24.3.